The molecule has 0 aromatic carbocycles. The van der Waals surface area contributed by atoms with E-state index in [2.05, 4.69) is 20.7 Å². The average molecular weight is 273 g/mol. The van der Waals surface area contributed by atoms with E-state index in [0.717, 1.165) is 30.0 Å². The quantitative estimate of drug-likeness (QED) is 0.874. The number of nitrogens with zero attached hydrogens (tertiary/aromatic N) is 3. The second kappa shape index (κ2) is 6.18. The molecule has 0 saturated carbocycles. The summed E-state index contributed by atoms with van der Waals surface area (Å²) < 4.78 is 1.69. The van der Waals surface area contributed by atoms with Crippen LogP contribution in [0.15, 0.2) is 24.5 Å². The molecule has 0 radical (unpaired) electrons. The topological polar surface area (TPSA) is 71.8 Å². The van der Waals surface area contributed by atoms with E-state index in [1.165, 1.54) is 0 Å². The average Bonchev–Trinajstić information content (AvgIpc) is 2.79. The molecule has 6 nitrogen and oxygen atoms in total. The minimum atomic E-state index is -0.229. The molecule has 0 aliphatic rings. The molecule has 2 aromatic rings. The standard InChI is InChI=1S/C14H19N5O/c1-4-11-13(9-19(3)18-11)17-14(20)12-8-10(15-5-2)6-7-16-12/h6-9H,4-5H2,1-3H3,(H,15,16)(H,17,20). The fraction of sp³-hybridized carbons (Fsp3) is 0.357. The van der Waals surface area contributed by atoms with Gasteiger partial charge in [0.2, 0.25) is 0 Å². The van der Waals surface area contributed by atoms with Crippen molar-refractivity contribution in [1.82, 2.24) is 14.8 Å². The highest BCUT2D eigenvalue weighted by molar-refractivity contribution is 6.03. The summed E-state index contributed by atoms with van der Waals surface area (Å²) in [4.78, 5) is 16.3. The largest absolute Gasteiger partial charge is 0.385 e. The van der Waals surface area contributed by atoms with Gasteiger partial charge in [0.1, 0.15) is 5.69 Å². The van der Waals surface area contributed by atoms with Gasteiger partial charge in [-0.2, -0.15) is 5.10 Å². The van der Waals surface area contributed by atoms with Crippen LogP contribution in [0, 0.1) is 0 Å². The number of hydrogen-bond acceptors (Lipinski definition) is 4. The zero-order valence-corrected chi connectivity index (χ0v) is 12.0. The third-order valence-electron chi connectivity index (χ3n) is 2.86. The summed E-state index contributed by atoms with van der Waals surface area (Å²) in [6.07, 6.45) is 4.18. The van der Waals surface area contributed by atoms with E-state index in [1.54, 1.807) is 23.1 Å². The highest BCUT2D eigenvalue weighted by Gasteiger charge is 2.12. The van der Waals surface area contributed by atoms with Crippen molar-refractivity contribution in [2.24, 2.45) is 7.05 Å². The monoisotopic (exact) mass is 273 g/mol. The number of rotatable bonds is 5. The molecule has 106 valence electrons. The smallest absolute Gasteiger partial charge is 0.274 e. The first-order valence-electron chi connectivity index (χ1n) is 6.67. The lowest BCUT2D eigenvalue weighted by atomic mass is 10.2. The molecule has 0 spiro atoms. The van der Waals surface area contributed by atoms with E-state index in [-0.39, 0.29) is 5.91 Å². The Bertz CT molecular complexity index is 605. The van der Waals surface area contributed by atoms with Gasteiger partial charge >= 0.3 is 0 Å². The van der Waals surface area contributed by atoms with Crippen molar-refractivity contribution in [1.29, 1.82) is 0 Å². The first kappa shape index (κ1) is 14.0. The molecule has 0 aliphatic heterocycles. The predicted octanol–water partition coefficient (Wildman–Crippen LogP) is 2.06. The Morgan fingerprint density at radius 3 is 2.90 bits per heavy atom. The third-order valence-corrected chi connectivity index (χ3v) is 2.86. The van der Waals surface area contributed by atoms with E-state index in [1.807, 2.05) is 27.0 Å². The molecule has 2 aromatic heterocycles. The van der Waals surface area contributed by atoms with Gasteiger partial charge in [-0.25, -0.2) is 0 Å². The maximum absolute atomic E-state index is 12.2. The van der Waals surface area contributed by atoms with Crippen molar-refractivity contribution in [3.63, 3.8) is 0 Å². The Balaban J connectivity index is 2.17. The van der Waals surface area contributed by atoms with Gasteiger partial charge in [0, 0.05) is 31.7 Å². The van der Waals surface area contributed by atoms with Gasteiger partial charge in [0.05, 0.1) is 11.4 Å². The fourth-order valence-corrected chi connectivity index (χ4v) is 1.96. The molecule has 0 saturated heterocycles. The van der Waals surface area contributed by atoms with Crippen LogP contribution in [0.1, 0.15) is 30.0 Å². The maximum Gasteiger partial charge on any atom is 0.274 e. The molecule has 20 heavy (non-hydrogen) atoms. The highest BCUT2D eigenvalue weighted by Crippen LogP contribution is 2.15. The molecular formula is C14H19N5O. The second-order valence-electron chi connectivity index (χ2n) is 4.43. The van der Waals surface area contributed by atoms with Crippen LogP contribution >= 0.6 is 0 Å². The first-order chi connectivity index (χ1) is 9.63. The molecule has 0 bridgehead atoms. The van der Waals surface area contributed by atoms with Gasteiger partial charge in [-0.1, -0.05) is 6.92 Å². The van der Waals surface area contributed by atoms with E-state index in [4.69, 9.17) is 0 Å². The van der Waals surface area contributed by atoms with Crippen molar-refractivity contribution < 1.29 is 4.79 Å². The van der Waals surface area contributed by atoms with Gasteiger partial charge in [0.25, 0.3) is 5.91 Å². The van der Waals surface area contributed by atoms with Crippen LogP contribution in [0.2, 0.25) is 0 Å². The lowest BCUT2D eigenvalue weighted by Crippen LogP contribution is -2.14. The summed E-state index contributed by atoms with van der Waals surface area (Å²) >= 11 is 0. The predicted molar refractivity (Wildman–Crippen MR) is 78.9 cm³/mol. The third kappa shape index (κ3) is 3.14. The molecule has 1 amide bonds. The number of anilines is 2. The molecule has 2 rings (SSSR count). The van der Waals surface area contributed by atoms with Crippen LogP contribution < -0.4 is 10.6 Å². The summed E-state index contributed by atoms with van der Waals surface area (Å²) in [5.74, 6) is -0.229. The number of nitrogens with one attached hydrogen (secondary N) is 2. The van der Waals surface area contributed by atoms with Crippen molar-refractivity contribution in [2.75, 3.05) is 17.2 Å². The number of carbonyl (C=O) groups excluding carboxylic acids is 1. The SMILES string of the molecule is CCNc1ccnc(C(=O)Nc2cn(C)nc2CC)c1. The molecule has 0 aliphatic carbocycles. The number of aromatic nitrogens is 3. The summed E-state index contributed by atoms with van der Waals surface area (Å²) in [7, 11) is 1.83. The molecular weight excluding hydrogens is 254 g/mol. The van der Waals surface area contributed by atoms with E-state index < -0.39 is 0 Å². The van der Waals surface area contributed by atoms with E-state index in [0.29, 0.717) is 5.69 Å². The lowest BCUT2D eigenvalue weighted by molar-refractivity contribution is 0.102. The number of aryl methyl sites for hydroxylation is 2. The van der Waals surface area contributed by atoms with Crippen LogP contribution in [0.25, 0.3) is 0 Å². The van der Waals surface area contributed by atoms with Gasteiger partial charge in [-0.15, -0.1) is 0 Å². The number of amides is 1. The molecule has 2 heterocycles. The molecule has 6 heteroatoms. The molecule has 0 atom stereocenters. The van der Waals surface area contributed by atoms with Crippen LogP contribution in [-0.2, 0) is 13.5 Å². The van der Waals surface area contributed by atoms with Crippen LogP contribution in [0.5, 0.6) is 0 Å². The number of pyridine rings is 1. The van der Waals surface area contributed by atoms with Gasteiger partial charge in [-0.05, 0) is 25.5 Å². The normalized spacial score (nSPS) is 10.3. The van der Waals surface area contributed by atoms with Crippen molar-refractivity contribution in [3.05, 3.63) is 35.9 Å². The van der Waals surface area contributed by atoms with Gasteiger partial charge in [0.15, 0.2) is 0 Å². The molecule has 2 N–H and O–H groups in total. The van der Waals surface area contributed by atoms with Gasteiger partial charge < -0.3 is 10.6 Å². The summed E-state index contributed by atoms with van der Waals surface area (Å²) in [6, 6.07) is 3.57. The zero-order chi connectivity index (χ0) is 14.5. The minimum Gasteiger partial charge on any atom is -0.385 e. The maximum atomic E-state index is 12.2. The van der Waals surface area contributed by atoms with E-state index >= 15 is 0 Å². The Morgan fingerprint density at radius 1 is 1.40 bits per heavy atom. The summed E-state index contributed by atoms with van der Waals surface area (Å²) in [5.41, 5.74) is 2.86. The first-order valence-corrected chi connectivity index (χ1v) is 6.67. The van der Waals surface area contributed by atoms with E-state index in [9.17, 15) is 4.79 Å². The molecule has 0 fully saturated rings. The van der Waals surface area contributed by atoms with Gasteiger partial charge in [-0.3, -0.25) is 14.5 Å². The van der Waals surface area contributed by atoms with Crippen LogP contribution in [-0.4, -0.2) is 27.2 Å². The van der Waals surface area contributed by atoms with Crippen molar-refractivity contribution in [3.8, 4) is 0 Å². The Hall–Kier alpha value is -2.37. The Labute approximate surface area is 118 Å². The zero-order valence-electron chi connectivity index (χ0n) is 12.0. The number of carbonyl (C=O) groups is 1. The van der Waals surface area contributed by atoms with Crippen LogP contribution in [0.3, 0.4) is 0 Å². The summed E-state index contributed by atoms with van der Waals surface area (Å²) in [5, 5.41) is 10.3. The lowest BCUT2D eigenvalue weighted by Gasteiger charge is -2.06. The molecule has 0 unspecified atom stereocenters. The second-order valence-corrected chi connectivity index (χ2v) is 4.43. The highest BCUT2D eigenvalue weighted by atomic mass is 16.1. The summed E-state index contributed by atoms with van der Waals surface area (Å²) in [6.45, 7) is 4.80. The fourth-order valence-electron chi connectivity index (χ4n) is 1.96. The van der Waals surface area contributed by atoms with Crippen molar-refractivity contribution in [2.45, 2.75) is 20.3 Å². The Kier molecular flexibility index (Phi) is 4.34. The van der Waals surface area contributed by atoms with Crippen molar-refractivity contribution >= 4 is 17.3 Å². The minimum absolute atomic E-state index is 0.229. The number of hydrogen-bond donors (Lipinski definition) is 2. The Morgan fingerprint density at radius 2 is 2.20 bits per heavy atom. The van der Waals surface area contributed by atoms with Crippen LogP contribution in [0.4, 0.5) is 11.4 Å².